The van der Waals surface area contributed by atoms with E-state index >= 15 is 0 Å². The van der Waals surface area contributed by atoms with E-state index in [9.17, 15) is 14.0 Å². The molecule has 0 spiro atoms. The lowest BCUT2D eigenvalue weighted by Crippen LogP contribution is -2.60. The van der Waals surface area contributed by atoms with E-state index < -0.39 is 11.9 Å². The third-order valence-corrected chi connectivity index (χ3v) is 3.82. The summed E-state index contributed by atoms with van der Waals surface area (Å²) in [6.45, 7) is 5.46. The third-order valence-electron chi connectivity index (χ3n) is 3.82. The van der Waals surface area contributed by atoms with Crippen molar-refractivity contribution in [3.8, 4) is 0 Å². The maximum Gasteiger partial charge on any atom is 0.250 e. The lowest BCUT2D eigenvalue weighted by atomic mass is 9.95. The molecule has 5 heteroatoms. The molecule has 2 rings (SSSR count). The van der Waals surface area contributed by atoms with Gasteiger partial charge in [-0.05, 0) is 24.5 Å². The highest BCUT2D eigenvalue weighted by Gasteiger charge is 2.37. The molecule has 1 heterocycles. The van der Waals surface area contributed by atoms with E-state index in [0.29, 0.717) is 5.56 Å². The summed E-state index contributed by atoms with van der Waals surface area (Å²) in [6.07, 6.45) is 0.765. The van der Waals surface area contributed by atoms with E-state index in [-0.39, 0.29) is 30.0 Å². The van der Waals surface area contributed by atoms with Crippen LogP contribution in [0.25, 0.3) is 0 Å². The van der Waals surface area contributed by atoms with E-state index in [1.807, 2.05) is 13.8 Å². The number of nitrogens with zero attached hydrogens (tertiary/aromatic N) is 1. The highest BCUT2D eigenvalue weighted by Crippen LogP contribution is 2.27. The summed E-state index contributed by atoms with van der Waals surface area (Å²) < 4.78 is 14.0. The SMILES string of the molecule is CCC(C)C1NC(=O)CN(c2c(C)cccc2F)C1=O. The minimum Gasteiger partial charge on any atom is -0.342 e. The van der Waals surface area contributed by atoms with Crippen LogP contribution in [0.15, 0.2) is 18.2 Å². The van der Waals surface area contributed by atoms with Crippen molar-refractivity contribution in [2.45, 2.75) is 33.2 Å². The zero-order valence-corrected chi connectivity index (χ0v) is 11.9. The van der Waals surface area contributed by atoms with Gasteiger partial charge in [-0.25, -0.2) is 4.39 Å². The molecule has 1 aromatic carbocycles. The lowest BCUT2D eigenvalue weighted by molar-refractivity contribution is -0.132. The van der Waals surface area contributed by atoms with Crippen molar-refractivity contribution < 1.29 is 14.0 Å². The molecule has 4 nitrogen and oxygen atoms in total. The maximum absolute atomic E-state index is 14.0. The Morgan fingerprint density at radius 2 is 2.15 bits per heavy atom. The van der Waals surface area contributed by atoms with E-state index in [1.54, 1.807) is 19.1 Å². The molecular formula is C15H19FN2O2. The number of aryl methyl sites for hydroxylation is 1. The fourth-order valence-corrected chi connectivity index (χ4v) is 2.45. The van der Waals surface area contributed by atoms with Crippen molar-refractivity contribution in [3.05, 3.63) is 29.6 Å². The number of anilines is 1. The van der Waals surface area contributed by atoms with E-state index in [1.165, 1.54) is 11.0 Å². The minimum atomic E-state index is -0.583. The predicted molar refractivity (Wildman–Crippen MR) is 74.9 cm³/mol. The van der Waals surface area contributed by atoms with Crippen molar-refractivity contribution in [3.63, 3.8) is 0 Å². The molecule has 1 aliphatic heterocycles. The Balaban J connectivity index is 2.40. The number of halogens is 1. The van der Waals surface area contributed by atoms with Gasteiger partial charge in [0, 0.05) is 0 Å². The van der Waals surface area contributed by atoms with Crippen molar-refractivity contribution in [2.75, 3.05) is 11.4 Å². The second kappa shape index (κ2) is 5.61. The number of nitrogens with one attached hydrogen (secondary N) is 1. The fourth-order valence-electron chi connectivity index (χ4n) is 2.45. The maximum atomic E-state index is 14.0. The van der Waals surface area contributed by atoms with Crippen LogP contribution in [0.3, 0.4) is 0 Å². The smallest absolute Gasteiger partial charge is 0.250 e. The molecular weight excluding hydrogens is 259 g/mol. The average molecular weight is 278 g/mol. The van der Waals surface area contributed by atoms with Gasteiger partial charge in [0.25, 0.3) is 0 Å². The summed E-state index contributed by atoms with van der Waals surface area (Å²) in [5.74, 6) is -0.956. The van der Waals surface area contributed by atoms with Crippen LogP contribution in [0.2, 0.25) is 0 Å². The number of hydrogen-bond donors (Lipinski definition) is 1. The van der Waals surface area contributed by atoms with Crippen LogP contribution in [0.5, 0.6) is 0 Å². The van der Waals surface area contributed by atoms with Crippen LogP contribution in [-0.2, 0) is 9.59 Å². The van der Waals surface area contributed by atoms with Crippen molar-refractivity contribution in [2.24, 2.45) is 5.92 Å². The van der Waals surface area contributed by atoms with Gasteiger partial charge in [-0.3, -0.25) is 14.5 Å². The predicted octanol–water partition coefficient (Wildman–Crippen LogP) is 2.01. The number of carbonyl (C=O) groups is 2. The monoisotopic (exact) mass is 278 g/mol. The highest BCUT2D eigenvalue weighted by atomic mass is 19.1. The van der Waals surface area contributed by atoms with Crippen LogP contribution >= 0.6 is 0 Å². The second-order valence-corrected chi connectivity index (χ2v) is 5.26. The highest BCUT2D eigenvalue weighted by molar-refractivity contribution is 6.07. The first-order valence-electron chi connectivity index (χ1n) is 6.81. The molecule has 2 unspecified atom stereocenters. The molecule has 20 heavy (non-hydrogen) atoms. The molecule has 1 aromatic rings. The van der Waals surface area contributed by atoms with Gasteiger partial charge in [0.05, 0.1) is 5.69 Å². The van der Waals surface area contributed by atoms with E-state index in [0.717, 1.165) is 6.42 Å². The number of para-hydroxylation sites is 1. The molecule has 2 atom stereocenters. The van der Waals surface area contributed by atoms with E-state index in [2.05, 4.69) is 5.32 Å². The molecule has 0 aromatic heterocycles. The van der Waals surface area contributed by atoms with Crippen LogP contribution in [-0.4, -0.2) is 24.4 Å². The molecule has 0 bridgehead atoms. The van der Waals surface area contributed by atoms with Gasteiger partial charge in [-0.15, -0.1) is 0 Å². The van der Waals surface area contributed by atoms with Crippen LogP contribution in [0, 0.1) is 18.7 Å². The number of amides is 2. The summed E-state index contributed by atoms with van der Waals surface area (Å²) >= 11 is 0. The summed E-state index contributed by atoms with van der Waals surface area (Å²) in [5, 5.41) is 2.70. The van der Waals surface area contributed by atoms with Crippen molar-refractivity contribution >= 4 is 17.5 Å². The van der Waals surface area contributed by atoms with Crippen LogP contribution in [0.4, 0.5) is 10.1 Å². The van der Waals surface area contributed by atoms with Crippen LogP contribution in [0.1, 0.15) is 25.8 Å². The molecule has 108 valence electrons. The number of piperazine rings is 1. The molecule has 2 amide bonds. The first-order valence-corrected chi connectivity index (χ1v) is 6.81. The normalized spacial score (nSPS) is 20.8. The number of benzene rings is 1. The minimum absolute atomic E-state index is 0.0151. The number of rotatable bonds is 3. The zero-order valence-electron chi connectivity index (χ0n) is 11.9. The standard InChI is InChI=1S/C15H19FN2O2/c1-4-9(2)13-15(20)18(8-12(19)17-13)14-10(3)6-5-7-11(14)16/h5-7,9,13H,4,8H2,1-3H3,(H,17,19). The molecule has 1 N–H and O–H groups in total. The average Bonchev–Trinajstić information content (AvgIpc) is 2.41. The van der Waals surface area contributed by atoms with Gasteiger partial charge in [-0.1, -0.05) is 32.4 Å². The first kappa shape index (κ1) is 14.5. The van der Waals surface area contributed by atoms with Gasteiger partial charge in [0.2, 0.25) is 11.8 Å². The molecule has 1 aliphatic rings. The van der Waals surface area contributed by atoms with Crippen molar-refractivity contribution in [1.82, 2.24) is 5.32 Å². The van der Waals surface area contributed by atoms with E-state index in [4.69, 9.17) is 0 Å². The molecule has 0 aliphatic carbocycles. The lowest BCUT2D eigenvalue weighted by Gasteiger charge is -2.35. The summed E-state index contributed by atoms with van der Waals surface area (Å²) in [5.41, 5.74) is 0.858. The van der Waals surface area contributed by atoms with Gasteiger partial charge in [0.15, 0.2) is 0 Å². The zero-order chi connectivity index (χ0) is 14.9. The van der Waals surface area contributed by atoms with Crippen molar-refractivity contribution in [1.29, 1.82) is 0 Å². The molecule has 1 saturated heterocycles. The van der Waals surface area contributed by atoms with Crippen LogP contribution < -0.4 is 10.2 Å². The van der Waals surface area contributed by atoms with Gasteiger partial charge >= 0.3 is 0 Å². The summed E-state index contributed by atoms with van der Waals surface area (Å²) in [7, 11) is 0. The number of hydrogen-bond acceptors (Lipinski definition) is 2. The Morgan fingerprint density at radius 3 is 2.75 bits per heavy atom. The first-order chi connectivity index (χ1) is 9.45. The Labute approximate surface area is 118 Å². The Kier molecular flexibility index (Phi) is 4.06. The molecule has 0 saturated carbocycles. The quantitative estimate of drug-likeness (QED) is 0.919. The molecule has 0 radical (unpaired) electrons. The second-order valence-electron chi connectivity index (χ2n) is 5.26. The van der Waals surface area contributed by atoms with Gasteiger partial charge in [0.1, 0.15) is 18.4 Å². The number of carbonyl (C=O) groups excluding carboxylic acids is 2. The summed E-state index contributed by atoms with van der Waals surface area (Å²) in [4.78, 5) is 25.6. The largest absolute Gasteiger partial charge is 0.342 e. The third kappa shape index (κ3) is 2.53. The summed E-state index contributed by atoms with van der Waals surface area (Å²) in [6, 6.07) is 4.05. The molecule has 1 fully saturated rings. The Bertz CT molecular complexity index is 524. The Morgan fingerprint density at radius 1 is 1.45 bits per heavy atom. The topological polar surface area (TPSA) is 49.4 Å². The van der Waals surface area contributed by atoms with Gasteiger partial charge < -0.3 is 5.32 Å². The fraction of sp³-hybridized carbons (Fsp3) is 0.467. The Hall–Kier alpha value is -1.91. The van der Waals surface area contributed by atoms with Gasteiger partial charge in [-0.2, -0.15) is 0 Å².